The standard InChI is InChI=1S/C32H34ClN3O4/c33-25-8-6-24(7-9-25)32(38)11-15-35(16-12-32)14-2-4-26-27-3-1-13-34-29(27)22-40-30-10-5-23(21-28(26)30)31(37)36-17-19-39-20-18-36/h1,3-10,13,21,38H,2,11-12,14-20,22H2/b26-4-. The maximum atomic E-state index is 13.3. The molecule has 1 amide bonds. The molecular weight excluding hydrogens is 526 g/mol. The molecular formula is C32H34ClN3O4. The van der Waals surface area contributed by atoms with Crippen LogP contribution >= 0.6 is 11.6 Å². The van der Waals surface area contributed by atoms with Gasteiger partial charge < -0.3 is 24.4 Å². The Bertz CT molecular complexity index is 1390. The van der Waals surface area contributed by atoms with Crippen molar-refractivity contribution in [1.82, 2.24) is 14.8 Å². The minimum Gasteiger partial charge on any atom is -0.487 e. The second kappa shape index (κ2) is 11.7. The molecule has 0 unspecified atom stereocenters. The van der Waals surface area contributed by atoms with Crippen molar-refractivity contribution in [2.45, 2.75) is 31.5 Å². The zero-order chi connectivity index (χ0) is 27.5. The molecule has 6 rings (SSSR count). The lowest BCUT2D eigenvalue weighted by atomic mass is 9.84. The van der Waals surface area contributed by atoms with Gasteiger partial charge in [0.2, 0.25) is 0 Å². The number of nitrogens with zero attached hydrogens (tertiary/aromatic N) is 3. The highest BCUT2D eigenvalue weighted by molar-refractivity contribution is 6.30. The lowest BCUT2D eigenvalue weighted by Crippen LogP contribution is -2.42. The molecule has 8 heteroatoms. The van der Waals surface area contributed by atoms with Crippen LogP contribution in [0.4, 0.5) is 0 Å². The van der Waals surface area contributed by atoms with E-state index in [2.05, 4.69) is 22.0 Å². The van der Waals surface area contributed by atoms with Gasteiger partial charge in [0.05, 0.1) is 24.5 Å². The fourth-order valence-electron chi connectivity index (χ4n) is 5.84. The maximum Gasteiger partial charge on any atom is 0.254 e. The van der Waals surface area contributed by atoms with Crippen LogP contribution in [0.2, 0.25) is 5.02 Å². The Morgan fingerprint density at radius 3 is 2.58 bits per heavy atom. The number of pyridine rings is 1. The minimum absolute atomic E-state index is 0.0163. The Kier molecular flexibility index (Phi) is 7.89. The molecule has 2 aromatic carbocycles. The number of aliphatic hydroxyl groups is 1. The number of benzene rings is 2. The predicted octanol–water partition coefficient (Wildman–Crippen LogP) is 4.91. The van der Waals surface area contributed by atoms with Crippen molar-refractivity contribution < 1.29 is 19.4 Å². The molecule has 7 nitrogen and oxygen atoms in total. The minimum atomic E-state index is -0.814. The first-order valence-corrected chi connectivity index (χ1v) is 14.4. The van der Waals surface area contributed by atoms with Gasteiger partial charge in [-0.05, 0) is 66.8 Å². The average molecular weight is 560 g/mol. The highest BCUT2D eigenvalue weighted by atomic mass is 35.5. The van der Waals surface area contributed by atoms with E-state index >= 15 is 0 Å². The number of likely N-dealkylation sites (tertiary alicyclic amines) is 1. The van der Waals surface area contributed by atoms with Gasteiger partial charge >= 0.3 is 0 Å². The van der Waals surface area contributed by atoms with Gasteiger partial charge in [0.25, 0.3) is 5.91 Å². The van der Waals surface area contributed by atoms with Crippen LogP contribution in [0.25, 0.3) is 5.57 Å². The third-order valence-corrected chi connectivity index (χ3v) is 8.47. The number of amides is 1. The Morgan fingerprint density at radius 2 is 1.80 bits per heavy atom. The molecule has 1 aromatic heterocycles. The molecule has 4 heterocycles. The first-order valence-electron chi connectivity index (χ1n) is 14.0. The first-order chi connectivity index (χ1) is 19.5. The maximum absolute atomic E-state index is 13.3. The number of fused-ring (bicyclic) bond motifs is 2. The van der Waals surface area contributed by atoms with Gasteiger partial charge in [-0.2, -0.15) is 0 Å². The SMILES string of the molecule is O=C(c1ccc2c(c1)/C(=C\CCN1CCC(O)(c3ccc(Cl)cc3)CC1)c1cccnc1CO2)N1CCOCC1. The van der Waals surface area contributed by atoms with Gasteiger partial charge in [0.1, 0.15) is 12.4 Å². The number of hydrogen-bond donors (Lipinski definition) is 1. The summed E-state index contributed by atoms with van der Waals surface area (Å²) < 4.78 is 11.6. The molecule has 208 valence electrons. The van der Waals surface area contributed by atoms with Crippen LogP contribution in [0.3, 0.4) is 0 Å². The second-order valence-corrected chi connectivity index (χ2v) is 11.1. The molecule has 2 saturated heterocycles. The molecule has 3 aromatic rings. The summed E-state index contributed by atoms with van der Waals surface area (Å²) in [6, 6.07) is 17.3. The topological polar surface area (TPSA) is 75.1 Å². The third-order valence-electron chi connectivity index (χ3n) is 8.22. The summed E-state index contributed by atoms with van der Waals surface area (Å²) in [5, 5.41) is 11.9. The number of carbonyl (C=O) groups is 1. The molecule has 40 heavy (non-hydrogen) atoms. The van der Waals surface area contributed by atoms with Crippen molar-refractivity contribution in [3.63, 3.8) is 0 Å². The summed E-state index contributed by atoms with van der Waals surface area (Å²) in [5.41, 5.74) is 4.65. The van der Waals surface area contributed by atoms with E-state index in [1.54, 1.807) is 6.20 Å². The van der Waals surface area contributed by atoms with E-state index in [0.717, 1.165) is 59.8 Å². The van der Waals surface area contributed by atoms with Crippen LogP contribution in [-0.4, -0.2) is 71.7 Å². The fourth-order valence-corrected chi connectivity index (χ4v) is 5.97. The summed E-state index contributed by atoms with van der Waals surface area (Å²) in [5.74, 6) is 0.774. The van der Waals surface area contributed by atoms with Gasteiger partial charge in [-0.15, -0.1) is 0 Å². The molecule has 3 aliphatic heterocycles. The Morgan fingerprint density at radius 1 is 1.02 bits per heavy atom. The van der Waals surface area contributed by atoms with Gasteiger partial charge in [0, 0.05) is 60.6 Å². The van der Waals surface area contributed by atoms with Crippen molar-refractivity contribution in [2.24, 2.45) is 0 Å². The first kappa shape index (κ1) is 27.0. The monoisotopic (exact) mass is 559 g/mol. The van der Waals surface area contributed by atoms with Crippen LogP contribution in [0.15, 0.2) is 66.9 Å². The largest absolute Gasteiger partial charge is 0.487 e. The molecule has 0 aliphatic carbocycles. The van der Waals surface area contributed by atoms with Crippen molar-refractivity contribution in [3.05, 3.63) is 99.8 Å². The number of ether oxygens (including phenoxy) is 2. The highest BCUT2D eigenvalue weighted by Crippen LogP contribution is 2.38. The smallest absolute Gasteiger partial charge is 0.254 e. The number of rotatable bonds is 5. The highest BCUT2D eigenvalue weighted by Gasteiger charge is 2.33. The number of hydrogen-bond acceptors (Lipinski definition) is 6. The number of aromatic nitrogens is 1. The lowest BCUT2D eigenvalue weighted by molar-refractivity contribution is -0.0254. The Labute approximate surface area is 240 Å². The normalized spacial score (nSPS) is 19.9. The zero-order valence-electron chi connectivity index (χ0n) is 22.5. The van der Waals surface area contributed by atoms with Crippen LogP contribution in [0.5, 0.6) is 5.75 Å². The van der Waals surface area contributed by atoms with E-state index in [1.165, 1.54) is 0 Å². The van der Waals surface area contributed by atoms with Crippen LogP contribution in [0.1, 0.15) is 52.0 Å². The van der Waals surface area contributed by atoms with Crippen LogP contribution < -0.4 is 4.74 Å². The quantitative estimate of drug-likeness (QED) is 0.479. The van der Waals surface area contributed by atoms with Crippen molar-refractivity contribution in [2.75, 3.05) is 45.9 Å². The Hall–Kier alpha value is -3.23. The zero-order valence-corrected chi connectivity index (χ0v) is 23.3. The predicted molar refractivity (Wildman–Crippen MR) is 154 cm³/mol. The van der Waals surface area contributed by atoms with E-state index in [0.29, 0.717) is 56.3 Å². The molecule has 0 saturated carbocycles. The number of morpholine rings is 1. The van der Waals surface area contributed by atoms with Gasteiger partial charge in [-0.25, -0.2) is 0 Å². The third kappa shape index (κ3) is 5.65. The summed E-state index contributed by atoms with van der Waals surface area (Å²) in [6.45, 7) is 5.23. The van der Waals surface area contributed by atoms with E-state index in [4.69, 9.17) is 21.1 Å². The van der Waals surface area contributed by atoms with Crippen LogP contribution in [0, 0.1) is 0 Å². The summed E-state index contributed by atoms with van der Waals surface area (Å²) in [7, 11) is 0. The molecule has 1 N–H and O–H groups in total. The second-order valence-electron chi connectivity index (χ2n) is 10.7. The molecule has 2 fully saturated rings. The van der Waals surface area contributed by atoms with Crippen molar-refractivity contribution in [1.29, 1.82) is 0 Å². The van der Waals surface area contributed by atoms with Crippen molar-refractivity contribution in [3.8, 4) is 5.75 Å². The number of halogens is 1. The van der Waals surface area contributed by atoms with Crippen molar-refractivity contribution >= 4 is 23.1 Å². The van der Waals surface area contributed by atoms with E-state index < -0.39 is 5.60 Å². The molecule has 3 aliphatic rings. The Balaban J connectivity index is 1.21. The average Bonchev–Trinajstić information content (AvgIpc) is 3.15. The van der Waals surface area contributed by atoms with E-state index in [1.807, 2.05) is 53.4 Å². The fraction of sp³-hybridized carbons (Fsp3) is 0.375. The molecule has 0 radical (unpaired) electrons. The van der Waals surface area contributed by atoms with Gasteiger partial charge in [-0.3, -0.25) is 9.78 Å². The number of piperidine rings is 1. The summed E-state index contributed by atoms with van der Waals surface area (Å²) in [4.78, 5) is 22.1. The van der Waals surface area contributed by atoms with E-state index in [-0.39, 0.29) is 5.91 Å². The van der Waals surface area contributed by atoms with E-state index in [9.17, 15) is 9.90 Å². The number of carbonyl (C=O) groups excluding carboxylic acids is 1. The van der Waals surface area contributed by atoms with Gasteiger partial charge in [-0.1, -0.05) is 35.9 Å². The summed E-state index contributed by atoms with van der Waals surface area (Å²) in [6.07, 6.45) is 6.23. The molecule has 0 bridgehead atoms. The summed E-state index contributed by atoms with van der Waals surface area (Å²) >= 11 is 6.04. The molecule has 0 spiro atoms. The molecule has 0 atom stereocenters. The lowest BCUT2D eigenvalue weighted by Gasteiger charge is -2.38. The van der Waals surface area contributed by atoms with Crippen LogP contribution in [-0.2, 0) is 16.9 Å². The van der Waals surface area contributed by atoms with Gasteiger partial charge in [0.15, 0.2) is 0 Å².